The summed E-state index contributed by atoms with van der Waals surface area (Å²) >= 11 is 0. The number of aryl methyl sites for hydroxylation is 1. The van der Waals surface area contributed by atoms with Crippen molar-refractivity contribution >= 4 is 10.0 Å². The molecule has 0 aliphatic heterocycles. The van der Waals surface area contributed by atoms with Gasteiger partial charge in [-0.15, -0.1) is 0 Å². The molecule has 0 bridgehead atoms. The summed E-state index contributed by atoms with van der Waals surface area (Å²) in [5.41, 5.74) is 0.698. The van der Waals surface area contributed by atoms with Crippen molar-refractivity contribution in [3.8, 4) is 11.5 Å². The van der Waals surface area contributed by atoms with Crippen molar-refractivity contribution < 1.29 is 17.9 Å². The molecule has 0 fully saturated rings. The summed E-state index contributed by atoms with van der Waals surface area (Å²) in [6, 6.07) is 4.67. The zero-order chi connectivity index (χ0) is 19.3. The largest absolute Gasteiger partial charge is 0.497 e. The second-order valence-electron chi connectivity index (χ2n) is 6.59. The van der Waals surface area contributed by atoms with Gasteiger partial charge in [-0.2, -0.15) is 0 Å². The molecule has 0 saturated heterocycles. The zero-order valence-electron chi connectivity index (χ0n) is 15.9. The average molecular weight is 381 g/mol. The molecule has 144 valence electrons. The van der Waals surface area contributed by atoms with Crippen LogP contribution in [0.3, 0.4) is 0 Å². The lowest BCUT2D eigenvalue weighted by molar-refractivity contribution is 0.392. The van der Waals surface area contributed by atoms with Gasteiger partial charge in [0.15, 0.2) is 0 Å². The van der Waals surface area contributed by atoms with Crippen LogP contribution in [0.1, 0.15) is 37.7 Å². The highest BCUT2D eigenvalue weighted by Crippen LogP contribution is 2.30. The van der Waals surface area contributed by atoms with E-state index in [1.807, 2.05) is 20.9 Å². The lowest BCUT2D eigenvalue weighted by Gasteiger charge is -2.21. The van der Waals surface area contributed by atoms with E-state index in [9.17, 15) is 8.42 Å². The molecule has 1 heterocycles. The molecular formula is C18H27N3O4S. The Morgan fingerprint density at radius 3 is 2.23 bits per heavy atom. The molecule has 0 saturated carbocycles. The van der Waals surface area contributed by atoms with Crippen LogP contribution in [0, 0.1) is 5.92 Å². The molecule has 0 aliphatic carbocycles. The average Bonchev–Trinajstić information content (AvgIpc) is 3.03. The van der Waals surface area contributed by atoms with E-state index in [4.69, 9.17) is 9.47 Å². The monoisotopic (exact) mass is 381 g/mol. The summed E-state index contributed by atoms with van der Waals surface area (Å²) in [7, 11) is 1.45. The summed E-state index contributed by atoms with van der Waals surface area (Å²) in [4.78, 5) is 4.34. The van der Waals surface area contributed by atoms with Crippen LogP contribution >= 0.6 is 0 Å². The summed E-state index contributed by atoms with van der Waals surface area (Å²) in [6.07, 6.45) is 4.01. The Labute approximate surface area is 155 Å². The number of nitrogens with one attached hydrogen (secondary N) is 1. The first-order valence-corrected chi connectivity index (χ1v) is 10.1. The van der Waals surface area contributed by atoms with Gasteiger partial charge in [0.05, 0.1) is 20.0 Å². The van der Waals surface area contributed by atoms with Gasteiger partial charge >= 0.3 is 0 Å². The van der Waals surface area contributed by atoms with Gasteiger partial charge in [-0.05, 0) is 30.0 Å². The minimum Gasteiger partial charge on any atom is -0.497 e. The molecule has 0 radical (unpaired) electrons. The van der Waals surface area contributed by atoms with E-state index in [-0.39, 0.29) is 5.75 Å². The van der Waals surface area contributed by atoms with Crippen molar-refractivity contribution in [3.05, 3.63) is 42.0 Å². The van der Waals surface area contributed by atoms with Crippen LogP contribution in [-0.2, 0) is 17.1 Å². The van der Waals surface area contributed by atoms with Gasteiger partial charge in [-0.25, -0.2) is 18.1 Å². The van der Waals surface area contributed by atoms with Crippen LogP contribution in [0.25, 0.3) is 0 Å². The van der Waals surface area contributed by atoms with Crippen LogP contribution in [-0.4, -0.2) is 37.9 Å². The lowest BCUT2D eigenvalue weighted by atomic mass is 10.1. The molecular weight excluding hydrogens is 354 g/mol. The van der Waals surface area contributed by atoms with E-state index in [0.29, 0.717) is 35.2 Å². The van der Waals surface area contributed by atoms with Gasteiger partial charge in [0.2, 0.25) is 10.0 Å². The van der Waals surface area contributed by atoms with Gasteiger partial charge < -0.3 is 14.0 Å². The van der Waals surface area contributed by atoms with Crippen molar-refractivity contribution in [2.75, 3.05) is 20.0 Å². The maximum absolute atomic E-state index is 12.6. The number of benzene rings is 1. The van der Waals surface area contributed by atoms with Crippen LogP contribution in [0.5, 0.6) is 11.5 Å². The third-order valence-electron chi connectivity index (χ3n) is 4.09. The number of methoxy groups -OCH3 is 2. The molecule has 1 unspecified atom stereocenters. The van der Waals surface area contributed by atoms with Gasteiger partial charge in [-0.3, -0.25) is 0 Å². The minimum absolute atomic E-state index is 0.0622. The molecule has 1 N–H and O–H groups in total. The van der Waals surface area contributed by atoms with E-state index in [1.165, 1.54) is 0 Å². The number of rotatable bonds is 9. The van der Waals surface area contributed by atoms with Crippen LogP contribution in [0.2, 0.25) is 0 Å². The number of nitrogens with zero attached hydrogens (tertiary/aromatic N) is 2. The second kappa shape index (κ2) is 8.55. The third-order valence-corrected chi connectivity index (χ3v) is 5.45. The molecule has 1 atom stereocenters. The van der Waals surface area contributed by atoms with Gasteiger partial charge in [0.25, 0.3) is 0 Å². The normalized spacial score (nSPS) is 13.0. The van der Waals surface area contributed by atoms with Crippen molar-refractivity contribution in [1.82, 2.24) is 14.3 Å². The Morgan fingerprint density at radius 2 is 1.77 bits per heavy atom. The minimum atomic E-state index is -3.49. The zero-order valence-corrected chi connectivity index (χ0v) is 16.7. The molecule has 0 aliphatic rings. The summed E-state index contributed by atoms with van der Waals surface area (Å²) < 4.78 is 40.5. The number of hydrogen-bond acceptors (Lipinski definition) is 5. The Bertz CT molecular complexity index is 808. The Morgan fingerprint density at radius 1 is 1.15 bits per heavy atom. The van der Waals surface area contributed by atoms with E-state index in [2.05, 4.69) is 9.71 Å². The highest BCUT2D eigenvalue weighted by molar-refractivity contribution is 7.89. The number of imidazole rings is 1. The Hall–Kier alpha value is -2.06. The SMILES string of the molecule is COc1cc(OC)cc(C(NS(=O)(=O)CCC(C)C)c2nccn2C)c1. The predicted octanol–water partition coefficient (Wildman–Crippen LogP) is 2.49. The first kappa shape index (κ1) is 20.3. The Kier molecular flexibility index (Phi) is 6.66. The summed E-state index contributed by atoms with van der Waals surface area (Å²) in [5, 5.41) is 0. The lowest BCUT2D eigenvalue weighted by Crippen LogP contribution is -2.33. The van der Waals surface area contributed by atoms with Crippen molar-refractivity contribution in [2.45, 2.75) is 26.3 Å². The molecule has 8 heteroatoms. The fourth-order valence-corrected chi connectivity index (χ4v) is 4.05. The predicted molar refractivity (Wildman–Crippen MR) is 101 cm³/mol. The van der Waals surface area contributed by atoms with Gasteiger partial charge in [0.1, 0.15) is 23.4 Å². The van der Waals surface area contributed by atoms with Crippen LogP contribution in [0.4, 0.5) is 0 Å². The first-order chi connectivity index (χ1) is 12.3. The van der Waals surface area contributed by atoms with E-state index < -0.39 is 16.1 Å². The number of sulfonamides is 1. The van der Waals surface area contributed by atoms with Crippen LogP contribution in [0.15, 0.2) is 30.6 Å². The fraction of sp³-hybridized carbons (Fsp3) is 0.500. The molecule has 0 spiro atoms. The second-order valence-corrected chi connectivity index (χ2v) is 8.47. The molecule has 1 aromatic heterocycles. The van der Waals surface area contributed by atoms with Crippen molar-refractivity contribution in [2.24, 2.45) is 13.0 Å². The van der Waals surface area contributed by atoms with Crippen LogP contribution < -0.4 is 14.2 Å². The van der Waals surface area contributed by atoms with Crippen molar-refractivity contribution in [3.63, 3.8) is 0 Å². The molecule has 1 aromatic carbocycles. The van der Waals surface area contributed by atoms with Gasteiger partial charge in [0, 0.05) is 25.5 Å². The summed E-state index contributed by atoms with van der Waals surface area (Å²) in [6.45, 7) is 4.00. The molecule has 7 nitrogen and oxygen atoms in total. The maximum Gasteiger partial charge on any atom is 0.212 e. The fourth-order valence-electron chi connectivity index (χ4n) is 2.55. The topological polar surface area (TPSA) is 82.4 Å². The van der Waals surface area contributed by atoms with E-state index in [1.54, 1.807) is 49.4 Å². The molecule has 2 aromatic rings. The smallest absolute Gasteiger partial charge is 0.212 e. The van der Waals surface area contributed by atoms with Crippen molar-refractivity contribution in [1.29, 1.82) is 0 Å². The Balaban J connectivity index is 2.45. The first-order valence-electron chi connectivity index (χ1n) is 8.46. The quantitative estimate of drug-likeness (QED) is 0.722. The molecule has 26 heavy (non-hydrogen) atoms. The number of aromatic nitrogens is 2. The van der Waals surface area contributed by atoms with E-state index in [0.717, 1.165) is 0 Å². The summed E-state index contributed by atoms with van der Waals surface area (Å²) in [5.74, 6) is 2.12. The standard InChI is InChI=1S/C18H27N3O4S/c1-13(2)6-9-26(22,23)20-17(18-19-7-8-21(18)3)14-10-15(24-4)12-16(11-14)25-5/h7-8,10-13,17,20H,6,9H2,1-5H3. The molecule has 2 rings (SSSR count). The number of ether oxygens (including phenoxy) is 2. The number of hydrogen-bond donors (Lipinski definition) is 1. The van der Waals surface area contributed by atoms with E-state index >= 15 is 0 Å². The highest BCUT2D eigenvalue weighted by atomic mass is 32.2. The third kappa shape index (κ3) is 5.22. The molecule has 0 amide bonds. The maximum atomic E-state index is 12.6. The van der Waals surface area contributed by atoms with Gasteiger partial charge in [-0.1, -0.05) is 13.8 Å². The highest BCUT2D eigenvalue weighted by Gasteiger charge is 2.25.